The second kappa shape index (κ2) is 13.7. The second-order valence-electron chi connectivity index (χ2n) is 9.95. The normalized spacial score (nSPS) is 26.4. The first-order chi connectivity index (χ1) is 15.3. The van der Waals surface area contributed by atoms with E-state index in [4.69, 9.17) is 4.74 Å². The summed E-state index contributed by atoms with van der Waals surface area (Å²) < 4.78 is 5.63. The topological polar surface area (TPSA) is 9.23 Å². The molecular formula is C30H44O. The van der Waals surface area contributed by atoms with E-state index in [9.17, 15) is 0 Å². The molecule has 1 nitrogen and oxygen atoms in total. The standard InChI is InChI=1S/C30H44O/c1-3-5-6-9-25-12-18-28(19-13-25)29-20-14-26(15-21-29)10-7-8-11-27-16-22-30(23-17-27)31-24-4-2/h7,10,16-17,22-23,25-26,28-29H,3-6,9,12-15,18-21,24H2,1-2H3/t25-,26-,28-,29-. The Morgan fingerprint density at radius 3 is 2.16 bits per heavy atom. The third-order valence-electron chi connectivity index (χ3n) is 7.59. The van der Waals surface area contributed by atoms with E-state index in [-0.39, 0.29) is 0 Å². The first kappa shape index (κ1) is 24.0. The molecular weight excluding hydrogens is 376 g/mol. The number of allylic oxidation sites excluding steroid dienone is 2. The van der Waals surface area contributed by atoms with Crippen LogP contribution in [0.5, 0.6) is 5.75 Å². The van der Waals surface area contributed by atoms with Gasteiger partial charge in [-0.2, -0.15) is 0 Å². The van der Waals surface area contributed by atoms with Crippen LogP contribution in [-0.2, 0) is 0 Å². The van der Waals surface area contributed by atoms with Crippen LogP contribution in [0.4, 0.5) is 0 Å². The van der Waals surface area contributed by atoms with E-state index >= 15 is 0 Å². The Balaban J connectivity index is 1.34. The van der Waals surface area contributed by atoms with E-state index in [0.29, 0.717) is 0 Å². The second-order valence-corrected chi connectivity index (χ2v) is 9.95. The molecule has 0 aromatic heterocycles. The summed E-state index contributed by atoms with van der Waals surface area (Å²) in [4.78, 5) is 0. The average molecular weight is 421 g/mol. The lowest BCUT2D eigenvalue weighted by Crippen LogP contribution is -2.25. The van der Waals surface area contributed by atoms with E-state index < -0.39 is 0 Å². The van der Waals surface area contributed by atoms with Crippen molar-refractivity contribution in [1.29, 1.82) is 0 Å². The lowest BCUT2D eigenvalue weighted by atomic mass is 9.68. The maximum absolute atomic E-state index is 5.63. The van der Waals surface area contributed by atoms with Crippen LogP contribution in [-0.4, -0.2) is 6.61 Å². The van der Waals surface area contributed by atoms with E-state index in [1.54, 1.807) is 0 Å². The van der Waals surface area contributed by atoms with Gasteiger partial charge < -0.3 is 4.74 Å². The van der Waals surface area contributed by atoms with Crippen LogP contribution in [0.25, 0.3) is 0 Å². The molecule has 2 aliphatic rings. The molecule has 0 heterocycles. The van der Waals surface area contributed by atoms with Gasteiger partial charge in [0.15, 0.2) is 0 Å². The Morgan fingerprint density at radius 1 is 0.839 bits per heavy atom. The van der Waals surface area contributed by atoms with Crippen molar-refractivity contribution in [3.63, 3.8) is 0 Å². The number of rotatable bonds is 9. The number of hydrogen-bond acceptors (Lipinski definition) is 1. The molecule has 0 atom stereocenters. The maximum atomic E-state index is 5.63. The van der Waals surface area contributed by atoms with Crippen molar-refractivity contribution in [3.05, 3.63) is 42.0 Å². The van der Waals surface area contributed by atoms with Crippen molar-refractivity contribution in [3.8, 4) is 17.6 Å². The van der Waals surface area contributed by atoms with Crippen LogP contribution in [0.15, 0.2) is 36.4 Å². The van der Waals surface area contributed by atoms with Crippen molar-refractivity contribution in [2.24, 2.45) is 23.7 Å². The Hall–Kier alpha value is -1.68. The summed E-state index contributed by atoms with van der Waals surface area (Å²) in [5.74, 6) is 11.2. The monoisotopic (exact) mass is 420 g/mol. The van der Waals surface area contributed by atoms with Crippen LogP contribution in [0, 0.1) is 35.5 Å². The van der Waals surface area contributed by atoms with Gasteiger partial charge in [-0.25, -0.2) is 0 Å². The van der Waals surface area contributed by atoms with Gasteiger partial charge in [-0.1, -0.05) is 70.3 Å². The van der Waals surface area contributed by atoms with Gasteiger partial charge in [0, 0.05) is 5.56 Å². The molecule has 1 aromatic rings. The molecule has 1 heteroatoms. The SMILES string of the molecule is CCCCC[C@H]1CC[C@H]([C@H]2CC[C@H](C=CC#Cc3ccc(OCCC)cc3)CC2)CC1. The zero-order valence-corrected chi connectivity index (χ0v) is 20.1. The fraction of sp³-hybridized carbons (Fsp3) is 0.667. The first-order valence-corrected chi connectivity index (χ1v) is 13.2. The number of hydrogen-bond donors (Lipinski definition) is 0. The summed E-state index contributed by atoms with van der Waals surface area (Å²) in [6, 6.07) is 8.14. The van der Waals surface area contributed by atoms with Crippen molar-refractivity contribution >= 4 is 0 Å². The fourth-order valence-corrected chi connectivity index (χ4v) is 5.60. The minimum Gasteiger partial charge on any atom is -0.494 e. The van der Waals surface area contributed by atoms with Crippen LogP contribution in [0.1, 0.15) is 103 Å². The molecule has 2 saturated carbocycles. The van der Waals surface area contributed by atoms with Crippen LogP contribution in [0.3, 0.4) is 0 Å². The molecule has 2 fully saturated rings. The van der Waals surface area contributed by atoms with E-state index in [0.717, 1.165) is 48.0 Å². The summed E-state index contributed by atoms with van der Waals surface area (Å²) in [5.41, 5.74) is 1.06. The number of unbranched alkanes of at least 4 members (excludes halogenated alkanes) is 2. The number of ether oxygens (including phenoxy) is 1. The summed E-state index contributed by atoms with van der Waals surface area (Å²) >= 11 is 0. The van der Waals surface area contributed by atoms with Gasteiger partial charge in [-0.3, -0.25) is 0 Å². The molecule has 31 heavy (non-hydrogen) atoms. The first-order valence-electron chi connectivity index (χ1n) is 13.2. The van der Waals surface area contributed by atoms with Crippen molar-refractivity contribution < 1.29 is 4.74 Å². The van der Waals surface area contributed by atoms with E-state index in [1.807, 2.05) is 12.1 Å². The lowest BCUT2D eigenvalue weighted by Gasteiger charge is -2.37. The van der Waals surface area contributed by atoms with Crippen LogP contribution >= 0.6 is 0 Å². The zero-order chi connectivity index (χ0) is 21.7. The van der Waals surface area contributed by atoms with Gasteiger partial charge >= 0.3 is 0 Å². The molecule has 2 aliphatic carbocycles. The molecule has 0 amide bonds. The molecule has 0 N–H and O–H groups in total. The summed E-state index contributed by atoms with van der Waals surface area (Å²) in [6.45, 7) is 5.22. The molecule has 0 saturated heterocycles. The van der Waals surface area contributed by atoms with Gasteiger partial charge in [0.1, 0.15) is 5.75 Å². The van der Waals surface area contributed by atoms with Crippen molar-refractivity contribution in [1.82, 2.24) is 0 Å². The molecule has 3 rings (SSSR count). The molecule has 0 bridgehead atoms. The summed E-state index contributed by atoms with van der Waals surface area (Å²) in [5, 5.41) is 0. The highest BCUT2D eigenvalue weighted by atomic mass is 16.5. The van der Waals surface area contributed by atoms with Crippen LogP contribution < -0.4 is 4.74 Å². The predicted molar refractivity (Wildman–Crippen MR) is 133 cm³/mol. The van der Waals surface area contributed by atoms with Crippen LogP contribution in [0.2, 0.25) is 0 Å². The van der Waals surface area contributed by atoms with Gasteiger partial charge in [-0.05, 0) is 99.0 Å². The Bertz CT molecular complexity index is 688. The van der Waals surface area contributed by atoms with E-state index in [1.165, 1.54) is 77.0 Å². The quantitative estimate of drug-likeness (QED) is 0.287. The third kappa shape index (κ3) is 8.40. The van der Waals surface area contributed by atoms with E-state index in [2.05, 4.69) is 50.0 Å². The third-order valence-corrected chi connectivity index (χ3v) is 7.59. The Kier molecular flexibility index (Phi) is 10.6. The van der Waals surface area contributed by atoms with Crippen molar-refractivity contribution in [2.45, 2.75) is 97.3 Å². The molecule has 0 spiro atoms. The molecule has 170 valence electrons. The highest BCUT2D eigenvalue weighted by Crippen LogP contribution is 2.42. The van der Waals surface area contributed by atoms with Crippen molar-refractivity contribution in [2.75, 3.05) is 6.61 Å². The molecule has 0 aliphatic heterocycles. The molecule has 0 radical (unpaired) electrons. The highest BCUT2D eigenvalue weighted by molar-refractivity contribution is 5.40. The molecule has 1 aromatic carbocycles. The summed E-state index contributed by atoms with van der Waals surface area (Å²) in [7, 11) is 0. The van der Waals surface area contributed by atoms with Gasteiger partial charge in [0.25, 0.3) is 0 Å². The summed E-state index contributed by atoms with van der Waals surface area (Å²) in [6.07, 6.45) is 22.9. The smallest absolute Gasteiger partial charge is 0.119 e. The lowest BCUT2D eigenvalue weighted by molar-refractivity contribution is 0.151. The van der Waals surface area contributed by atoms with Gasteiger partial charge in [0.2, 0.25) is 0 Å². The molecule has 0 unspecified atom stereocenters. The average Bonchev–Trinajstić information content (AvgIpc) is 2.82. The zero-order valence-electron chi connectivity index (χ0n) is 20.1. The fourth-order valence-electron chi connectivity index (χ4n) is 5.60. The predicted octanol–water partition coefficient (Wildman–Crippen LogP) is 8.58. The minimum absolute atomic E-state index is 0.737. The van der Waals surface area contributed by atoms with Gasteiger partial charge in [0.05, 0.1) is 6.61 Å². The maximum Gasteiger partial charge on any atom is 0.119 e. The Labute approximate surface area is 192 Å². The minimum atomic E-state index is 0.737. The largest absolute Gasteiger partial charge is 0.494 e. The number of benzene rings is 1. The Morgan fingerprint density at radius 2 is 1.52 bits per heavy atom. The highest BCUT2D eigenvalue weighted by Gasteiger charge is 2.30. The van der Waals surface area contributed by atoms with Gasteiger partial charge in [-0.15, -0.1) is 0 Å².